The van der Waals surface area contributed by atoms with Crippen LogP contribution in [0.5, 0.6) is 0 Å². The molecule has 2 aromatic rings. The van der Waals surface area contributed by atoms with Crippen LogP contribution in [0.1, 0.15) is 38.8 Å². The zero-order valence-corrected chi connectivity index (χ0v) is 20.4. The lowest BCUT2D eigenvalue weighted by molar-refractivity contribution is -0.139. The van der Waals surface area contributed by atoms with E-state index in [4.69, 9.17) is 23.2 Å². The number of nitrogens with one attached hydrogen (secondary N) is 1. The van der Waals surface area contributed by atoms with Gasteiger partial charge in [-0.2, -0.15) is 0 Å². The lowest BCUT2D eigenvalue weighted by atomic mass is 10.1. The van der Waals surface area contributed by atoms with Crippen LogP contribution < -0.4 is 5.32 Å². The molecule has 0 aliphatic rings. The van der Waals surface area contributed by atoms with Crippen LogP contribution >= 0.6 is 35.0 Å². The topological polar surface area (TPSA) is 49.4 Å². The van der Waals surface area contributed by atoms with Gasteiger partial charge in [0.1, 0.15) is 11.9 Å². The van der Waals surface area contributed by atoms with E-state index in [0.29, 0.717) is 21.4 Å². The van der Waals surface area contributed by atoms with E-state index in [-0.39, 0.29) is 29.9 Å². The van der Waals surface area contributed by atoms with Crippen LogP contribution in [0.15, 0.2) is 42.5 Å². The van der Waals surface area contributed by atoms with Gasteiger partial charge in [-0.05, 0) is 57.5 Å². The van der Waals surface area contributed by atoms with Gasteiger partial charge in [0, 0.05) is 33.4 Å². The maximum Gasteiger partial charge on any atom is 0.242 e. The Morgan fingerprint density at radius 3 is 2.23 bits per heavy atom. The third-order valence-corrected chi connectivity index (χ3v) is 6.16. The molecule has 1 atom stereocenters. The largest absolute Gasteiger partial charge is 0.350 e. The monoisotopic (exact) mass is 484 g/mol. The Labute approximate surface area is 197 Å². The van der Waals surface area contributed by atoms with E-state index in [0.717, 1.165) is 5.56 Å². The molecule has 0 aliphatic carbocycles. The van der Waals surface area contributed by atoms with Gasteiger partial charge in [-0.3, -0.25) is 9.59 Å². The first-order chi connectivity index (χ1) is 14.5. The van der Waals surface area contributed by atoms with Crippen molar-refractivity contribution >= 4 is 46.8 Å². The van der Waals surface area contributed by atoms with E-state index in [1.54, 1.807) is 37.3 Å². The highest BCUT2D eigenvalue weighted by Gasteiger charge is 2.29. The van der Waals surface area contributed by atoms with Crippen LogP contribution in [-0.4, -0.2) is 34.0 Å². The molecule has 0 unspecified atom stereocenters. The molecule has 0 heterocycles. The highest BCUT2D eigenvalue weighted by atomic mass is 35.5. The average Bonchev–Trinajstić information content (AvgIpc) is 2.67. The lowest BCUT2D eigenvalue weighted by Gasteiger charge is -2.32. The van der Waals surface area contributed by atoms with Gasteiger partial charge in [0.05, 0.1) is 5.75 Å². The number of amides is 2. The summed E-state index contributed by atoms with van der Waals surface area (Å²) < 4.78 is 13.1. The standard InChI is InChI=1S/C23H27Cl2FN2O2S/c1-15(22(30)27-23(2,3)4)28(12-18-19(24)6-5-7-20(18)25)21(29)14-31-13-16-8-10-17(26)11-9-16/h5-11,15H,12-14H2,1-4H3,(H,27,30)/t15-/m1/s1. The molecule has 0 aromatic heterocycles. The number of nitrogens with zero attached hydrogens (tertiary/aromatic N) is 1. The SMILES string of the molecule is C[C@H](C(=O)NC(C)(C)C)N(Cc1c(Cl)cccc1Cl)C(=O)CSCc1ccc(F)cc1. The van der Waals surface area contributed by atoms with Gasteiger partial charge in [0.25, 0.3) is 0 Å². The normalized spacial score (nSPS) is 12.4. The molecular formula is C23H27Cl2FN2O2S. The Balaban J connectivity index is 2.16. The molecule has 4 nitrogen and oxygen atoms in total. The van der Waals surface area contributed by atoms with Crippen molar-refractivity contribution in [3.63, 3.8) is 0 Å². The Morgan fingerprint density at radius 2 is 1.68 bits per heavy atom. The fraction of sp³-hybridized carbons (Fsp3) is 0.391. The molecular weight excluding hydrogens is 458 g/mol. The smallest absolute Gasteiger partial charge is 0.242 e. The summed E-state index contributed by atoms with van der Waals surface area (Å²) in [5.41, 5.74) is 1.08. The molecule has 0 saturated heterocycles. The molecule has 0 spiro atoms. The molecule has 0 bridgehead atoms. The molecule has 8 heteroatoms. The van der Waals surface area contributed by atoms with Crippen molar-refractivity contribution in [2.75, 3.05) is 5.75 Å². The lowest BCUT2D eigenvalue weighted by Crippen LogP contribution is -2.52. The number of halogens is 3. The number of rotatable bonds is 8. The number of benzene rings is 2. The summed E-state index contributed by atoms with van der Waals surface area (Å²) in [4.78, 5) is 27.4. The van der Waals surface area contributed by atoms with Gasteiger partial charge in [0.15, 0.2) is 0 Å². The molecule has 168 valence electrons. The minimum absolute atomic E-state index is 0.118. The summed E-state index contributed by atoms with van der Waals surface area (Å²) in [6, 6.07) is 10.6. The highest BCUT2D eigenvalue weighted by Crippen LogP contribution is 2.27. The van der Waals surface area contributed by atoms with Crippen LogP contribution in [0.2, 0.25) is 10.0 Å². The van der Waals surface area contributed by atoms with E-state index in [2.05, 4.69) is 5.32 Å². The molecule has 31 heavy (non-hydrogen) atoms. The van der Waals surface area contributed by atoms with Crippen molar-refractivity contribution in [3.8, 4) is 0 Å². The number of carbonyl (C=O) groups is 2. The van der Waals surface area contributed by atoms with Crippen molar-refractivity contribution in [1.82, 2.24) is 10.2 Å². The van der Waals surface area contributed by atoms with Crippen LogP contribution in [0.3, 0.4) is 0 Å². The first kappa shape index (κ1) is 25.5. The molecule has 2 aromatic carbocycles. The summed E-state index contributed by atoms with van der Waals surface area (Å²) in [5, 5.41) is 3.79. The van der Waals surface area contributed by atoms with Gasteiger partial charge >= 0.3 is 0 Å². The van der Waals surface area contributed by atoms with Crippen molar-refractivity contribution < 1.29 is 14.0 Å². The summed E-state index contributed by atoms with van der Waals surface area (Å²) in [5.74, 6) is -0.0551. The Kier molecular flexibility index (Phi) is 9.22. The third kappa shape index (κ3) is 8.02. The predicted octanol–water partition coefficient (Wildman–Crippen LogP) is 5.70. The van der Waals surface area contributed by atoms with Gasteiger partial charge < -0.3 is 10.2 Å². The zero-order valence-electron chi connectivity index (χ0n) is 18.0. The van der Waals surface area contributed by atoms with E-state index >= 15 is 0 Å². The van der Waals surface area contributed by atoms with Crippen LogP contribution in [0.4, 0.5) is 4.39 Å². The number of thioether (sulfide) groups is 1. The van der Waals surface area contributed by atoms with Crippen molar-refractivity contribution in [2.24, 2.45) is 0 Å². The summed E-state index contributed by atoms with van der Waals surface area (Å²) in [6.45, 7) is 7.45. The summed E-state index contributed by atoms with van der Waals surface area (Å²) >= 11 is 14.0. The number of hydrogen-bond donors (Lipinski definition) is 1. The second kappa shape index (κ2) is 11.2. The van der Waals surface area contributed by atoms with Crippen molar-refractivity contribution in [3.05, 3.63) is 69.5 Å². The maximum absolute atomic E-state index is 13.1. The van der Waals surface area contributed by atoms with Crippen LogP contribution in [0.25, 0.3) is 0 Å². The molecule has 2 amide bonds. The summed E-state index contributed by atoms with van der Waals surface area (Å²) in [6.07, 6.45) is 0. The van der Waals surface area contributed by atoms with Gasteiger partial charge in [-0.15, -0.1) is 11.8 Å². The molecule has 0 radical (unpaired) electrons. The van der Waals surface area contributed by atoms with E-state index in [1.165, 1.54) is 28.8 Å². The number of carbonyl (C=O) groups excluding carboxylic acids is 2. The van der Waals surface area contributed by atoms with Gasteiger partial charge in [0.2, 0.25) is 11.8 Å². The van der Waals surface area contributed by atoms with Crippen LogP contribution in [-0.2, 0) is 21.9 Å². The molecule has 1 N–H and O–H groups in total. The first-order valence-electron chi connectivity index (χ1n) is 9.84. The molecule has 2 rings (SSSR count). The zero-order chi connectivity index (χ0) is 23.2. The Bertz CT molecular complexity index is 897. The quantitative estimate of drug-likeness (QED) is 0.522. The number of hydrogen-bond acceptors (Lipinski definition) is 3. The van der Waals surface area contributed by atoms with E-state index < -0.39 is 11.6 Å². The Morgan fingerprint density at radius 1 is 1.10 bits per heavy atom. The highest BCUT2D eigenvalue weighted by molar-refractivity contribution is 7.99. The van der Waals surface area contributed by atoms with Crippen LogP contribution in [0, 0.1) is 5.82 Å². The fourth-order valence-electron chi connectivity index (χ4n) is 2.83. The minimum Gasteiger partial charge on any atom is -0.350 e. The maximum atomic E-state index is 13.1. The molecule has 0 aliphatic heterocycles. The Hall–Kier alpha value is -1.76. The van der Waals surface area contributed by atoms with Gasteiger partial charge in [-0.1, -0.05) is 41.4 Å². The predicted molar refractivity (Wildman–Crippen MR) is 127 cm³/mol. The second-order valence-electron chi connectivity index (χ2n) is 8.26. The van der Waals surface area contributed by atoms with Crippen molar-refractivity contribution in [1.29, 1.82) is 0 Å². The minimum atomic E-state index is -0.717. The third-order valence-electron chi connectivity index (χ3n) is 4.46. The van der Waals surface area contributed by atoms with Crippen molar-refractivity contribution in [2.45, 2.75) is 51.6 Å². The first-order valence-corrected chi connectivity index (χ1v) is 11.8. The van der Waals surface area contributed by atoms with E-state index in [9.17, 15) is 14.0 Å². The second-order valence-corrected chi connectivity index (χ2v) is 10.1. The van der Waals surface area contributed by atoms with Gasteiger partial charge in [-0.25, -0.2) is 4.39 Å². The molecule has 0 fully saturated rings. The fourth-order valence-corrected chi connectivity index (χ4v) is 4.22. The summed E-state index contributed by atoms with van der Waals surface area (Å²) in [7, 11) is 0. The van der Waals surface area contributed by atoms with E-state index in [1.807, 2.05) is 20.8 Å². The average molecular weight is 485 g/mol. The molecule has 0 saturated carbocycles.